The molecule has 0 saturated heterocycles. The van der Waals surface area contributed by atoms with Crippen LogP contribution in [0.5, 0.6) is 6.01 Å². The lowest BCUT2D eigenvalue weighted by atomic mass is 10.2. The molecule has 0 aliphatic carbocycles. The van der Waals surface area contributed by atoms with Gasteiger partial charge in [-0.1, -0.05) is 11.6 Å². The molecule has 6 nitrogen and oxygen atoms in total. The zero-order valence-corrected chi connectivity index (χ0v) is 12.3. The number of ether oxygens (including phenoxy) is 1. The lowest BCUT2D eigenvalue weighted by Crippen LogP contribution is -2.06. The van der Waals surface area contributed by atoms with Gasteiger partial charge < -0.3 is 14.5 Å². The van der Waals surface area contributed by atoms with Crippen molar-refractivity contribution in [2.45, 2.75) is 6.92 Å². The van der Waals surface area contributed by atoms with Gasteiger partial charge in [-0.15, -0.1) is 0 Å². The van der Waals surface area contributed by atoms with Gasteiger partial charge in [0.05, 0.1) is 7.11 Å². The predicted molar refractivity (Wildman–Crippen MR) is 80.8 cm³/mol. The van der Waals surface area contributed by atoms with Crippen LogP contribution in [0.2, 0.25) is 5.02 Å². The Morgan fingerprint density at radius 3 is 2.86 bits per heavy atom. The first-order valence-corrected chi connectivity index (χ1v) is 6.81. The molecule has 0 fully saturated rings. The molecule has 0 saturated carbocycles. The molecule has 0 spiro atoms. The van der Waals surface area contributed by atoms with E-state index < -0.39 is 0 Å². The van der Waals surface area contributed by atoms with Crippen molar-refractivity contribution in [2.24, 2.45) is 0 Å². The molecule has 2 heterocycles. The third-order valence-electron chi connectivity index (χ3n) is 2.83. The average molecular weight is 305 g/mol. The Morgan fingerprint density at radius 1 is 1.24 bits per heavy atom. The fourth-order valence-corrected chi connectivity index (χ4v) is 2.10. The van der Waals surface area contributed by atoms with Crippen LogP contribution in [0.25, 0.3) is 22.6 Å². The maximum absolute atomic E-state index is 5.98. The number of nitrogens with one attached hydrogen (secondary N) is 1. The topological polar surface area (TPSA) is 73.1 Å². The molecule has 1 N–H and O–H groups in total. The molecule has 0 bridgehead atoms. The fourth-order valence-electron chi connectivity index (χ4n) is 1.92. The van der Waals surface area contributed by atoms with Crippen molar-refractivity contribution in [3.63, 3.8) is 0 Å². The number of hydrogen-bond acceptors (Lipinski definition) is 6. The summed E-state index contributed by atoms with van der Waals surface area (Å²) in [5, 5.41) is 4.57. The molecule has 21 heavy (non-hydrogen) atoms. The van der Waals surface area contributed by atoms with E-state index in [4.69, 9.17) is 20.8 Å². The third-order valence-corrected chi connectivity index (χ3v) is 3.07. The Bertz CT molecular complexity index is 788. The molecule has 108 valence electrons. The summed E-state index contributed by atoms with van der Waals surface area (Å²) in [4.78, 5) is 12.6. The van der Waals surface area contributed by atoms with E-state index in [1.807, 2.05) is 25.1 Å². The highest BCUT2D eigenvalue weighted by molar-refractivity contribution is 6.31. The second kappa shape index (κ2) is 5.57. The Morgan fingerprint density at radius 2 is 2.10 bits per heavy atom. The summed E-state index contributed by atoms with van der Waals surface area (Å²) in [7, 11) is 1.51. The van der Waals surface area contributed by atoms with Crippen molar-refractivity contribution in [3.8, 4) is 17.6 Å². The molecule has 0 atom stereocenters. The lowest BCUT2D eigenvalue weighted by Gasteiger charge is -2.04. The van der Waals surface area contributed by atoms with Gasteiger partial charge in [0.2, 0.25) is 11.8 Å². The lowest BCUT2D eigenvalue weighted by molar-refractivity contribution is 0.379. The number of nitrogens with zero attached hydrogens (tertiary/aromatic N) is 3. The molecule has 1 aromatic carbocycles. The molecule has 7 heteroatoms. The van der Waals surface area contributed by atoms with Crippen LogP contribution in [0.3, 0.4) is 0 Å². The van der Waals surface area contributed by atoms with Crippen molar-refractivity contribution in [1.29, 1.82) is 0 Å². The molecular weight excluding hydrogens is 292 g/mol. The monoisotopic (exact) mass is 304 g/mol. The summed E-state index contributed by atoms with van der Waals surface area (Å²) in [6.07, 6.45) is 0. The van der Waals surface area contributed by atoms with E-state index in [9.17, 15) is 0 Å². The average Bonchev–Trinajstić information content (AvgIpc) is 2.90. The quantitative estimate of drug-likeness (QED) is 0.796. The van der Waals surface area contributed by atoms with Crippen LogP contribution in [0.1, 0.15) is 6.92 Å². The molecule has 0 aliphatic rings. The minimum atomic E-state index is 0.231. The van der Waals surface area contributed by atoms with Gasteiger partial charge in [-0.3, -0.25) is 0 Å². The first kappa shape index (κ1) is 13.6. The number of halogens is 1. The van der Waals surface area contributed by atoms with E-state index in [2.05, 4.69) is 20.3 Å². The van der Waals surface area contributed by atoms with Crippen LogP contribution in [0, 0.1) is 0 Å². The van der Waals surface area contributed by atoms with E-state index >= 15 is 0 Å². The molecule has 3 aromatic rings. The fraction of sp³-hybridized carbons (Fsp3) is 0.214. The predicted octanol–water partition coefficient (Wildman–Crippen LogP) is 3.38. The van der Waals surface area contributed by atoms with Crippen LogP contribution in [-0.2, 0) is 0 Å². The Labute approximate surface area is 126 Å². The number of anilines is 1. The molecule has 0 aliphatic heterocycles. The van der Waals surface area contributed by atoms with Gasteiger partial charge in [0.15, 0.2) is 5.76 Å². The van der Waals surface area contributed by atoms with Gasteiger partial charge in [-0.25, -0.2) is 0 Å². The standard InChI is InChI=1S/C14H13ClN4O2/c1-3-16-13-17-12(18-14(19-13)20-2)11-7-8-6-9(15)4-5-10(8)21-11/h4-7H,3H2,1-2H3,(H,16,17,18,19). The van der Waals surface area contributed by atoms with Gasteiger partial charge in [0.25, 0.3) is 0 Å². The minimum Gasteiger partial charge on any atom is -0.467 e. The molecule has 0 amide bonds. The number of methoxy groups -OCH3 is 1. The van der Waals surface area contributed by atoms with Gasteiger partial charge in [0.1, 0.15) is 5.58 Å². The maximum Gasteiger partial charge on any atom is 0.321 e. The Kier molecular flexibility index (Phi) is 3.62. The maximum atomic E-state index is 5.98. The van der Waals surface area contributed by atoms with Gasteiger partial charge in [-0.05, 0) is 31.2 Å². The zero-order valence-electron chi connectivity index (χ0n) is 11.6. The summed E-state index contributed by atoms with van der Waals surface area (Å²) in [5.41, 5.74) is 0.721. The summed E-state index contributed by atoms with van der Waals surface area (Å²) in [6.45, 7) is 2.65. The van der Waals surface area contributed by atoms with Crippen molar-refractivity contribution in [2.75, 3.05) is 19.0 Å². The second-order valence-corrected chi connectivity index (χ2v) is 4.73. The zero-order chi connectivity index (χ0) is 14.8. The smallest absolute Gasteiger partial charge is 0.321 e. The number of hydrogen-bond donors (Lipinski definition) is 1. The van der Waals surface area contributed by atoms with E-state index in [1.165, 1.54) is 7.11 Å². The highest BCUT2D eigenvalue weighted by atomic mass is 35.5. The molecule has 0 unspecified atom stereocenters. The van der Waals surface area contributed by atoms with Gasteiger partial charge >= 0.3 is 6.01 Å². The van der Waals surface area contributed by atoms with Crippen LogP contribution >= 0.6 is 11.6 Å². The number of aromatic nitrogens is 3. The summed E-state index contributed by atoms with van der Waals surface area (Å²) >= 11 is 5.98. The Balaban J connectivity index is 2.10. The van der Waals surface area contributed by atoms with Crippen molar-refractivity contribution in [3.05, 3.63) is 29.3 Å². The van der Waals surface area contributed by atoms with E-state index in [0.29, 0.717) is 29.1 Å². The first-order valence-electron chi connectivity index (χ1n) is 6.43. The van der Waals surface area contributed by atoms with E-state index in [0.717, 1.165) is 11.0 Å². The van der Waals surface area contributed by atoms with E-state index in [-0.39, 0.29) is 6.01 Å². The number of furan rings is 1. The minimum absolute atomic E-state index is 0.231. The first-order chi connectivity index (χ1) is 10.2. The highest BCUT2D eigenvalue weighted by Gasteiger charge is 2.13. The summed E-state index contributed by atoms with van der Waals surface area (Å²) in [6, 6.07) is 7.48. The molecular formula is C14H13ClN4O2. The summed E-state index contributed by atoms with van der Waals surface area (Å²) in [5.74, 6) is 1.38. The van der Waals surface area contributed by atoms with E-state index in [1.54, 1.807) is 6.07 Å². The molecule has 0 radical (unpaired) electrons. The van der Waals surface area contributed by atoms with Gasteiger partial charge in [-0.2, -0.15) is 15.0 Å². The van der Waals surface area contributed by atoms with Crippen molar-refractivity contribution >= 4 is 28.5 Å². The normalized spacial score (nSPS) is 10.8. The number of fused-ring (bicyclic) bond motifs is 1. The summed E-state index contributed by atoms with van der Waals surface area (Å²) < 4.78 is 10.8. The number of benzene rings is 1. The van der Waals surface area contributed by atoms with Crippen molar-refractivity contribution < 1.29 is 9.15 Å². The Hall–Kier alpha value is -2.34. The molecule has 2 aromatic heterocycles. The molecule has 3 rings (SSSR count). The van der Waals surface area contributed by atoms with Crippen LogP contribution in [-0.4, -0.2) is 28.6 Å². The highest BCUT2D eigenvalue weighted by Crippen LogP contribution is 2.28. The SMILES string of the molecule is CCNc1nc(OC)nc(-c2cc3cc(Cl)ccc3o2)n1. The van der Waals surface area contributed by atoms with Crippen LogP contribution in [0.15, 0.2) is 28.7 Å². The third kappa shape index (κ3) is 2.75. The van der Waals surface area contributed by atoms with Crippen molar-refractivity contribution in [1.82, 2.24) is 15.0 Å². The second-order valence-electron chi connectivity index (χ2n) is 4.29. The van der Waals surface area contributed by atoms with Crippen LogP contribution < -0.4 is 10.1 Å². The number of rotatable bonds is 4. The van der Waals surface area contributed by atoms with Crippen LogP contribution in [0.4, 0.5) is 5.95 Å². The largest absolute Gasteiger partial charge is 0.467 e. The van der Waals surface area contributed by atoms with Gasteiger partial charge in [0, 0.05) is 17.0 Å².